The van der Waals surface area contributed by atoms with Gasteiger partial charge in [0.05, 0.1) is 25.1 Å². The van der Waals surface area contributed by atoms with Crippen molar-refractivity contribution in [1.29, 1.82) is 0 Å². The minimum absolute atomic E-state index is 0.138. The summed E-state index contributed by atoms with van der Waals surface area (Å²) in [6.07, 6.45) is 2.71. The predicted octanol–water partition coefficient (Wildman–Crippen LogP) is 3.39. The second-order valence-electron chi connectivity index (χ2n) is 7.41. The summed E-state index contributed by atoms with van der Waals surface area (Å²) in [6.45, 7) is 4.48. The van der Waals surface area contributed by atoms with E-state index in [-0.39, 0.29) is 24.9 Å². The van der Waals surface area contributed by atoms with Crippen LogP contribution < -0.4 is 19.1 Å². The van der Waals surface area contributed by atoms with Crippen molar-refractivity contribution in [2.24, 2.45) is 0 Å². The lowest BCUT2D eigenvalue weighted by atomic mass is 10.1. The number of benzene rings is 2. The molecule has 170 valence electrons. The predicted molar refractivity (Wildman–Crippen MR) is 123 cm³/mol. The zero-order valence-corrected chi connectivity index (χ0v) is 19.4. The Bertz CT molecular complexity index is 927. The van der Waals surface area contributed by atoms with Crippen molar-refractivity contribution >= 4 is 21.6 Å². The van der Waals surface area contributed by atoms with E-state index in [0.717, 1.165) is 17.7 Å². The van der Waals surface area contributed by atoms with E-state index < -0.39 is 10.0 Å². The van der Waals surface area contributed by atoms with Gasteiger partial charge in [0.2, 0.25) is 15.9 Å². The van der Waals surface area contributed by atoms with E-state index >= 15 is 0 Å². The molecular weight excluding hydrogens is 416 g/mol. The molecule has 0 saturated heterocycles. The first-order chi connectivity index (χ1) is 14.7. The van der Waals surface area contributed by atoms with E-state index in [2.05, 4.69) is 5.32 Å². The smallest absolute Gasteiger partial charge is 0.232 e. The SMILES string of the molecule is CCc1ccc(N(CCCC(=O)N[C@@H](C)COc2ccc(OC)cc2)S(C)(=O)=O)cc1. The number of carbonyl (C=O) groups is 1. The molecule has 0 bridgehead atoms. The molecule has 0 spiro atoms. The fourth-order valence-corrected chi connectivity index (χ4v) is 4.01. The van der Waals surface area contributed by atoms with Gasteiger partial charge in [0.25, 0.3) is 0 Å². The summed E-state index contributed by atoms with van der Waals surface area (Å²) in [5.41, 5.74) is 1.75. The third-order valence-electron chi connectivity index (χ3n) is 4.76. The molecule has 2 aromatic rings. The average Bonchev–Trinajstić information content (AvgIpc) is 2.75. The van der Waals surface area contributed by atoms with Gasteiger partial charge in [-0.05, 0) is 61.7 Å². The molecule has 7 nitrogen and oxygen atoms in total. The van der Waals surface area contributed by atoms with Gasteiger partial charge in [0.1, 0.15) is 18.1 Å². The molecule has 0 aliphatic heterocycles. The van der Waals surface area contributed by atoms with Gasteiger partial charge in [-0.3, -0.25) is 9.10 Å². The number of carbonyl (C=O) groups excluding carboxylic acids is 1. The van der Waals surface area contributed by atoms with E-state index in [1.54, 1.807) is 31.4 Å². The molecule has 8 heteroatoms. The Kier molecular flexibility index (Phi) is 9.18. The molecular formula is C23H32N2O5S. The average molecular weight is 449 g/mol. The molecule has 2 aromatic carbocycles. The molecule has 0 saturated carbocycles. The van der Waals surface area contributed by atoms with Crippen molar-refractivity contribution in [3.05, 3.63) is 54.1 Å². The largest absolute Gasteiger partial charge is 0.497 e. The van der Waals surface area contributed by atoms with Gasteiger partial charge < -0.3 is 14.8 Å². The summed E-state index contributed by atoms with van der Waals surface area (Å²) in [6, 6.07) is 14.5. The van der Waals surface area contributed by atoms with Crippen LogP contribution in [0.25, 0.3) is 0 Å². The van der Waals surface area contributed by atoms with Crippen molar-refractivity contribution in [1.82, 2.24) is 5.32 Å². The molecule has 0 unspecified atom stereocenters. The second kappa shape index (κ2) is 11.6. The minimum atomic E-state index is -3.43. The lowest BCUT2D eigenvalue weighted by Crippen LogP contribution is -2.37. The van der Waals surface area contributed by atoms with Crippen LogP contribution in [0.4, 0.5) is 5.69 Å². The van der Waals surface area contributed by atoms with E-state index in [0.29, 0.717) is 24.5 Å². The number of amides is 1. The van der Waals surface area contributed by atoms with Crippen LogP contribution in [0.1, 0.15) is 32.3 Å². The molecule has 0 radical (unpaired) electrons. The molecule has 1 amide bonds. The number of methoxy groups -OCH3 is 1. The fraction of sp³-hybridized carbons (Fsp3) is 0.435. The molecule has 31 heavy (non-hydrogen) atoms. The van der Waals surface area contributed by atoms with Crippen LogP contribution in [0.5, 0.6) is 11.5 Å². The lowest BCUT2D eigenvalue weighted by Gasteiger charge is -2.23. The van der Waals surface area contributed by atoms with Crippen LogP contribution >= 0.6 is 0 Å². The van der Waals surface area contributed by atoms with Crippen LogP contribution in [-0.2, 0) is 21.2 Å². The minimum Gasteiger partial charge on any atom is -0.497 e. The van der Waals surface area contributed by atoms with Crippen LogP contribution in [0, 0.1) is 0 Å². The number of sulfonamides is 1. The van der Waals surface area contributed by atoms with Gasteiger partial charge in [-0.25, -0.2) is 8.42 Å². The summed E-state index contributed by atoms with van der Waals surface area (Å²) in [5.74, 6) is 1.30. The topological polar surface area (TPSA) is 84.9 Å². The Morgan fingerprint density at radius 3 is 2.23 bits per heavy atom. The summed E-state index contributed by atoms with van der Waals surface area (Å²) >= 11 is 0. The van der Waals surface area contributed by atoms with Crippen LogP contribution in [0.3, 0.4) is 0 Å². The number of anilines is 1. The van der Waals surface area contributed by atoms with Gasteiger partial charge >= 0.3 is 0 Å². The number of hydrogen-bond donors (Lipinski definition) is 1. The van der Waals surface area contributed by atoms with E-state index in [4.69, 9.17) is 9.47 Å². The van der Waals surface area contributed by atoms with E-state index in [9.17, 15) is 13.2 Å². The maximum Gasteiger partial charge on any atom is 0.232 e. The quantitative estimate of drug-likeness (QED) is 0.538. The molecule has 0 aliphatic carbocycles. The lowest BCUT2D eigenvalue weighted by molar-refractivity contribution is -0.121. The highest BCUT2D eigenvalue weighted by Gasteiger charge is 2.18. The third-order valence-corrected chi connectivity index (χ3v) is 5.96. The first-order valence-corrected chi connectivity index (χ1v) is 12.2. The summed E-state index contributed by atoms with van der Waals surface area (Å²) < 4.78 is 36.5. The van der Waals surface area contributed by atoms with Crippen molar-refractivity contribution in [2.75, 3.05) is 30.8 Å². The second-order valence-corrected chi connectivity index (χ2v) is 9.32. The van der Waals surface area contributed by atoms with Crippen molar-refractivity contribution in [3.63, 3.8) is 0 Å². The summed E-state index contributed by atoms with van der Waals surface area (Å²) in [4.78, 5) is 12.2. The highest BCUT2D eigenvalue weighted by atomic mass is 32.2. The molecule has 0 heterocycles. The molecule has 1 N–H and O–H groups in total. The number of nitrogens with zero attached hydrogens (tertiary/aromatic N) is 1. The highest BCUT2D eigenvalue weighted by molar-refractivity contribution is 7.92. The molecule has 1 atom stereocenters. The van der Waals surface area contributed by atoms with Crippen LogP contribution in [-0.4, -0.2) is 46.9 Å². The zero-order valence-electron chi connectivity index (χ0n) is 18.6. The van der Waals surface area contributed by atoms with Crippen molar-refractivity contribution in [3.8, 4) is 11.5 Å². The Morgan fingerprint density at radius 2 is 1.68 bits per heavy atom. The number of rotatable bonds is 12. The standard InChI is InChI=1S/C23H32N2O5S/c1-5-19-8-10-20(11-9-19)25(31(4,27)28)16-6-7-23(26)24-18(2)17-30-22-14-12-21(29-3)13-15-22/h8-15,18H,5-7,16-17H2,1-4H3,(H,24,26)/t18-/m0/s1. The van der Waals surface area contributed by atoms with Gasteiger partial charge in [-0.1, -0.05) is 19.1 Å². The van der Waals surface area contributed by atoms with Crippen LogP contribution in [0.15, 0.2) is 48.5 Å². The highest BCUT2D eigenvalue weighted by Crippen LogP contribution is 2.20. The first-order valence-electron chi connectivity index (χ1n) is 10.4. The molecule has 0 aromatic heterocycles. The Balaban J connectivity index is 1.79. The molecule has 2 rings (SSSR count). The Hall–Kier alpha value is -2.74. The number of nitrogens with one attached hydrogen (secondary N) is 1. The summed E-state index contributed by atoms with van der Waals surface area (Å²) in [7, 11) is -1.83. The fourth-order valence-electron chi connectivity index (χ4n) is 3.05. The number of hydrogen-bond acceptors (Lipinski definition) is 5. The van der Waals surface area contributed by atoms with Crippen molar-refractivity contribution in [2.45, 2.75) is 39.2 Å². The van der Waals surface area contributed by atoms with Gasteiger partial charge in [0, 0.05) is 13.0 Å². The monoisotopic (exact) mass is 448 g/mol. The number of ether oxygens (including phenoxy) is 2. The molecule has 0 fully saturated rings. The first kappa shape index (κ1) is 24.5. The van der Waals surface area contributed by atoms with Gasteiger partial charge in [-0.15, -0.1) is 0 Å². The van der Waals surface area contributed by atoms with Gasteiger partial charge in [-0.2, -0.15) is 0 Å². The maximum atomic E-state index is 12.2. The third kappa shape index (κ3) is 8.13. The Morgan fingerprint density at radius 1 is 1.06 bits per heavy atom. The summed E-state index contributed by atoms with van der Waals surface area (Å²) in [5, 5.41) is 2.88. The van der Waals surface area contributed by atoms with Crippen molar-refractivity contribution < 1.29 is 22.7 Å². The maximum absolute atomic E-state index is 12.2. The number of aryl methyl sites for hydroxylation is 1. The normalized spacial score (nSPS) is 12.1. The Labute approximate surface area is 185 Å². The van der Waals surface area contributed by atoms with Crippen LogP contribution in [0.2, 0.25) is 0 Å². The van der Waals surface area contributed by atoms with E-state index in [1.165, 1.54) is 10.6 Å². The van der Waals surface area contributed by atoms with E-state index in [1.807, 2.05) is 38.1 Å². The molecule has 0 aliphatic rings. The zero-order chi connectivity index (χ0) is 22.9. The van der Waals surface area contributed by atoms with Gasteiger partial charge in [0.15, 0.2) is 0 Å².